The molecule has 2 unspecified atom stereocenters. The normalized spacial score (nSPS) is 26.0. The van der Waals surface area contributed by atoms with E-state index in [1.165, 1.54) is 12.1 Å². The van der Waals surface area contributed by atoms with E-state index >= 15 is 0 Å². The Hall–Kier alpha value is -2.61. The van der Waals surface area contributed by atoms with Crippen molar-refractivity contribution in [1.29, 1.82) is 0 Å². The molecule has 1 fully saturated rings. The van der Waals surface area contributed by atoms with Crippen molar-refractivity contribution in [3.8, 4) is 5.75 Å². The molecule has 8 heteroatoms. The van der Waals surface area contributed by atoms with E-state index in [1.807, 2.05) is 6.92 Å². The van der Waals surface area contributed by atoms with Crippen LogP contribution in [-0.2, 0) is 14.3 Å². The maximum atomic E-state index is 12.7. The first-order valence-electron chi connectivity index (χ1n) is 8.45. The molecule has 1 aromatic carbocycles. The lowest BCUT2D eigenvalue weighted by molar-refractivity contribution is -0.190. The van der Waals surface area contributed by atoms with E-state index in [0.29, 0.717) is 18.0 Å². The minimum Gasteiger partial charge on any atom is -0.482 e. The average Bonchev–Trinajstić information content (AvgIpc) is 2.59. The first kappa shape index (κ1) is 18.2. The van der Waals surface area contributed by atoms with Gasteiger partial charge in [-0.05, 0) is 25.1 Å². The molecule has 0 aromatic heterocycles. The smallest absolute Gasteiger partial charge is 0.330 e. The van der Waals surface area contributed by atoms with Crippen LogP contribution in [-0.4, -0.2) is 47.7 Å². The summed E-state index contributed by atoms with van der Waals surface area (Å²) < 4.78 is 10.9. The Balaban J connectivity index is 1.82. The van der Waals surface area contributed by atoms with Crippen LogP contribution in [0.15, 0.2) is 18.2 Å². The lowest BCUT2D eigenvalue weighted by atomic mass is 9.54. The van der Waals surface area contributed by atoms with E-state index in [0.717, 1.165) is 0 Å². The Morgan fingerprint density at radius 1 is 1.42 bits per heavy atom. The molecule has 26 heavy (non-hydrogen) atoms. The van der Waals surface area contributed by atoms with E-state index in [4.69, 9.17) is 9.47 Å². The van der Waals surface area contributed by atoms with Crippen molar-refractivity contribution in [1.82, 2.24) is 5.32 Å². The van der Waals surface area contributed by atoms with Crippen molar-refractivity contribution < 1.29 is 29.0 Å². The molecule has 140 valence electrons. The van der Waals surface area contributed by atoms with Crippen LogP contribution < -0.4 is 15.4 Å². The van der Waals surface area contributed by atoms with Gasteiger partial charge in [-0.15, -0.1) is 0 Å². The van der Waals surface area contributed by atoms with Crippen LogP contribution in [0.3, 0.4) is 0 Å². The molecule has 0 radical (unpaired) electrons. The minimum absolute atomic E-state index is 0.125. The summed E-state index contributed by atoms with van der Waals surface area (Å²) in [6.07, 6.45) is -0.0437. The zero-order valence-electron chi connectivity index (χ0n) is 14.9. The second-order valence-corrected chi connectivity index (χ2v) is 7.08. The van der Waals surface area contributed by atoms with Crippen molar-refractivity contribution in [3.63, 3.8) is 0 Å². The molecule has 2 atom stereocenters. The molecule has 0 spiro atoms. The Morgan fingerprint density at radius 2 is 2.15 bits per heavy atom. The van der Waals surface area contributed by atoms with Gasteiger partial charge >= 0.3 is 5.97 Å². The quantitative estimate of drug-likeness (QED) is 0.730. The lowest BCUT2D eigenvalue weighted by Crippen LogP contribution is -2.76. The standard InChI is InChI=1S/C18H22N2O6/c1-4-25-13-8-18(16(23)24,17(13,2)3)20-15(22)10-5-6-11-12(7-10)26-9-14(21)19-11/h5-7,13H,4,8-9H2,1-3H3,(H,19,21)(H,20,22)(H,23,24). The molecule has 1 saturated carbocycles. The molecular weight excluding hydrogens is 340 g/mol. The number of benzene rings is 1. The van der Waals surface area contributed by atoms with Gasteiger partial charge in [-0.1, -0.05) is 13.8 Å². The fraction of sp³-hybridized carbons (Fsp3) is 0.500. The van der Waals surface area contributed by atoms with Gasteiger partial charge in [-0.25, -0.2) is 4.79 Å². The van der Waals surface area contributed by atoms with Crippen molar-refractivity contribution in [2.24, 2.45) is 5.41 Å². The molecule has 3 N–H and O–H groups in total. The number of carbonyl (C=O) groups excluding carboxylic acids is 2. The molecule has 2 amide bonds. The number of ether oxygens (including phenoxy) is 2. The van der Waals surface area contributed by atoms with Crippen molar-refractivity contribution in [2.45, 2.75) is 38.8 Å². The van der Waals surface area contributed by atoms with Gasteiger partial charge in [0, 0.05) is 24.0 Å². The first-order chi connectivity index (χ1) is 12.2. The van der Waals surface area contributed by atoms with Gasteiger partial charge in [0.2, 0.25) is 0 Å². The summed E-state index contributed by atoms with van der Waals surface area (Å²) in [5.74, 6) is -1.49. The Morgan fingerprint density at radius 3 is 2.77 bits per heavy atom. The molecule has 8 nitrogen and oxygen atoms in total. The molecule has 2 aliphatic rings. The fourth-order valence-electron chi connectivity index (χ4n) is 3.52. The summed E-state index contributed by atoms with van der Waals surface area (Å²) in [6.45, 7) is 5.75. The third kappa shape index (κ3) is 2.70. The number of hydrogen-bond donors (Lipinski definition) is 3. The number of rotatable bonds is 5. The largest absolute Gasteiger partial charge is 0.482 e. The van der Waals surface area contributed by atoms with E-state index in [9.17, 15) is 19.5 Å². The predicted octanol–water partition coefficient (Wildman–Crippen LogP) is 1.41. The maximum Gasteiger partial charge on any atom is 0.330 e. The number of nitrogens with one attached hydrogen (secondary N) is 2. The van der Waals surface area contributed by atoms with Gasteiger partial charge in [0.05, 0.1) is 11.8 Å². The van der Waals surface area contributed by atoms with Crippen LogP contribution in [0.25, 0.3) is 0 Å². The molecule has 1 aromatic rings. The van der Waals surface area contributed by atoms with Crippen LogP contribution in [0.1, 0.15) is 37.6 Å². The summed E-state index contributed by atoms with van der Waals surface area (Å²) in [4.78, 5) is 36.0. The highest BCUT2D eigenvalue weighted by molar-refractivity contribution is 6.01. The van der Waals surface area contributed by atoms with Crippen molar-refractivity contribution in [3.05, 3.63) is 23.8 Å². The van der Waals surface area contributed by atoms with Crippen LogP contribution >= 0.6 is 0 Å². The topological polar surface area (TPSA) is 114 Å². The number of anilines is 1. The highest BCUT2D eigenvalue weighted by Crippen LogP contribution is 2.51. The molecule has 3 rings (SSSR count). The molecule has 0 saturated heterocycles. The predicted molar refractivity (Wildman–Crippen MR) is 92.2 cm³/mol. The number of carbonyl (C=O) groups is 3. The van der Waals surface area contributed by atoms with Crippen molar-refractivity contribution >= 4 is 23.5 Å². The molecular formula is C18H22N2O6. The van der Waals surface area contributed by atoms with Gasteiger partial charge in [0.15, 0.2) is 6.61 Å². The van der Waals surface area contributed by atoms with Crippen LogP contribution in [0.4, 0.5) is 5.69 Å². The van der Waals surface area contributed by atoms with Gasteiger partial charge in [0.1, 0.15) is 11.3 Å². The zero-order valence-corrected chi connectivity index (χ0v) is 14.9. The Labute approximate surface area is 150 Å². The van der Waals surface area contributed by atoms with Crippen molar-refractivity contribution in [2.75, 3.05) is 18.5 Å². The number of fused-ring (bicyclic) bond motifs is 1. The molecule has 0 bridgehead atoms. The van der Waals surface area contributed by atoms with Gasteiger partial charge in [-0.3, -0.25) is 9.59 Å². The van der Waals surface area contributed by atoms with Crippen LogP contribution in [0, 0.1) is 5.41 Å². The second-order valence-electron chi connectivity index (χ2n) is 7.08. The third-order valence-corrected chi connectivity index (χ3v) is 5.33. The summed E-state index contributed by atoms with van der Waals surface area (Å²) >= 11 is 0. The monoisotopic (exact) mass is 362 g/mol. The van der Waals surface area contributed by atoms with Gasteiger partial charge in [0.25, 0.3) is 11.8 Å². The van der Waals surface area contributed by atoms with Gasteiger partial charge in [-0.2, -0.15) is 0 Å². The SMILES string of the molecule is CCOC1CC(NC(=O)c2ccc3c(c2)OCC(=O)N3)(C(=O)O)C1(C)C. The third-order valence-electron chi connectivity index (χ3n) is 5.33. The van der Waals surface area contributed by atoms with Gasteiger partial charge < -0.3 is 25.2 Å². The summed E-state index contributed by atoms with van der Waals surface area (Å²) in [6, 6.07) is 4.57. The Bertz CT molecular complexity index is 775. The fourth-order valence-corrected chi connectivity index (χ4v) is 3.52. The molecule has 1 aliphatic carbocycles. The summed E-state index contributed by atoms with van der Waals surface area (Å²) in [5, 5.41) is 15.1. The number of carboxylic acids is 1. The number of hydrogen-bond acceptors (Lipinski definition) is 5. The minimum atomic E-state index is -1.41. The van der Waals surface area contributed by atoms with E-state index in [2.05, 4.69) is 10.6 Å². The average molecular weight is 362 g/mol. The highest BCUT2D eigenvalue weighted by Gasteiger charge is 2.66. The van der Waals surface area contributed by atoms with E-state index in [1.54, 1.807) is 19.9 Å². The first-order valence-corrected chi connectivity index (χ1v) is 8.45. The number of carboxylic acid groups (broad SMARTS) is 1. The van der Waals surface area contributed by atoms with E-state index in [-0.39, 0.29) is 30.6 Å². The van der Waals surface area contributed by atoms with Crippen LogP contribution in [0.2, 0.25) is 0 Å². The number of aliphatic carboxylic acids is 1. The molecule has 1 heterocycles. The highest BCUT2D eigenvalue weighted by atomic mass is 16.5. The number of amides is 2. The molecule has 1 aliphatic heterocycles. The van der Waals surface area contributed by atoms with E-state index < -0.39 is 22.8 Å². The zero-order chi connectivity index (χ0) is 19.1. The summed E-state index contributed by atoms with van der Waals surface area (Å²) in [7, 11) is 0. The second kappa shape index (κ2) is 6.28. The van der Waals surface area contributed by atoms with Crippen LogP contribution in [0.5, 0.6) is 5.75 Å². The summed E-state index contributed by atoms with van der Waals surface area (Å²) in [5.41, 5.74) is -1.43. The Kier molecular flexibility index (Phi) is 4.39. The maximum absolute atomic E-state index is 12.7. The lowest BCUT2D eigenvalue weighted by Gasteiger charge is -2.58.